The predicted octanol–water partition coefficient (Wildman–Crippen LogP) is 4.39. The van der Waals surface area contributed by atoms with Gasteiger partial charge in [0.2, 0.25) is 5.91 Å². The van der Waals surface area contributed by atoms with Crippen molar-refractivity contribution in [1.29, 1.82) is 0 Å². The Kier molecular flexibility index (Phi) is 6.66. The fourth-order valence-electron chi connectivity index (χ4n) is 2.35. The van der Waals surface area contributed by atoms with Crippen LogP contribution in [0.25, 0.3) is 0 Å². The number of aromatic nitrogens is 1. The number of carbonyl (C=O) groups excluding carboxylic acids is 1. The SMILES string of the molecule is Cc1ccc(SCC(=O)NC(CC(C)C)c2ccccc2)nc1. The Balaban J connectivity index is 1.93. The van der Waals surface area contributed by atoms with Gasteiger partial charge in [0.1, 0.15) is 0 Å². The highest BCUT2D eigenvalue weighted by atomic mass is 32.2. The van der Waals surface area contributed by atoms with Gasteiger partial charge in [0, 0.05) is 6.20 Å². The number of aryl methyl sites for hydroxylation is 1. The molecule has 23 heavy (non-hydrogen) atoms. The summed E-state index contributed by atoms with van der Waals surface area (Å²) in [5.41, 5.74) is 2.29. The van der Waals surface area contributed by atoms with Crippen molar-refractivity contribution in [2.45, 2.75) is 38.3 Å². The molecule has 0 fully saturated rings. The minimum atomic E-state index is 0.0480. The number of amides is 1. The van der Waals surface area contributed by atoms with E-state index in [-0.39, 0.29) is 11.9 Å². The third-order valence-electron chi connectivity index (χ3n) is 3.48. The summed E-state index contributed by atoms with van der Waals surface area (Å²) in [6.45, 7) is 6.35. The number of hydrogen-bond donors (Lipinski definition) is 1. The fraction of sp³-hybridized carbons (Fsp3) is 0.368. The molecule has 0 spiro atoms. The Morgan fingerprint density at radius 3 is 2.52 bits per heavy atom. The van der Waals surface area contributed by atoms with Crippen molar-refractivity contribution in [3.63, 3.8) is 0 Å². The maximum absolute atomic E-state index is 12.3. The van der Waals surface area contributed by atoms with E-state index in [2.05, 4.69) is 36.3 Å². The zero-order valence-corrected chi connectivity index (χ0v) is 14.8. The Morgan fingerprint density at radius 2 is 1.91 bits per heavy atom. The Morgan fingerprint density at radius 1 is 1.17 bits per heavy atom. The van der Waals surface area contributed by atoms with Crippen LogP contribution < -0.4 is 5.32 Å². The van der Waals surface area contributed by atoms with Gasteiger partial charge in [0.15, 0.2) is 0 Å². The van der Waals surface area contributed by atoms with Gasteiger partial charge in [0.05, 0.1) is 16.8 Å². The average Bonchev–Trinajstić information content (AvgIpc) is 2.54. The molecule has 1 amide bonds. The molecule has 0 aliphatic carbocycles. The van der Waals surface area contributed by atoms with Crippen LogP contribution in [0.5, 0.6) is 0 Å². The van der Waals surface area contributed by atoms with E-state index in [9.17, 15) is 4.79 Å². The second-order valence-corrected chi connectivity index (χ2v) is 7.12. The lowest BCUT2D eigenvalue weighted by Gasteiger charge is -2.21. The first-order chi connectivity index (χ1) is 11.0. The molecule has 1 atom stereocenters. The first-order valence-electron chi connectivity index (χ1n) is 7.94. The molecule has 1 heterocycles. The van der Waals surface area contributed by atoms with Crippen molar-refractivity contribution in [3.8, 4) is 0 Å². The molecular weight excluding hydrogens is 304 g/mol. The predicted molar refractivity (Wildman–Crippen MR) is 96.5 cm³/mol. The average molecular weight is 328 g/mol. The smallest absolute Gasteiger partial charge is 0.230 e. The van der Waals surface area contributed by atoms with Gasteiger partial charge in [-0.1, -0.05) is 62.0 Å². The number of rotatable bonds is 7. The van der Waals surface area contributed by atoms with Gasteiger partial charge in [-0.3, -0.25) is 4.79 Å². The van der Waals surface area contributed by atoms with Crippen LogP contribution in [0.3, 0.4) is 0 Å². The van der Waals surface area contributed by atoms with E-state index in [0.29, 0.717) is 11.7 Å². The zero-order valence-electron chi connectivity index (χ0n) is 14.0. The molecule has 1 unspecified atom stereocenters. The van der Waals surface area contributed by atoms with E-state index in [0.717, 1.165) is 22.6 Å². The third kappa shape index (κ3) is 6.06. The quantitative estimate of drug-likeness (QED) is 0.767. The third-order valence-corrected chi connectivity index (χ3v) is 4.42. The lowest BCUT2D eigenvalue weighted by atomic mass is 9.97. The van der Waals surface area contributed by atoms with E-state index < -0.39 is 0 Å². The Labute approximate surface area is 142 Å². The van der Waals surface area contributed by atoms with Gasteiger partial charge in [-0.2, -0.15) is 0 Å². The molecule has 1 aromatic heterocycles. The van der Waals surface area contributed by atoms with Gasteiger partial charge in [-0.15, -0.1) is 0 Å². The van der Waals surface area contributed by atoms with Crippen molar-refractivity contribution in [1.82, 2.24) is 10.3 Å². The number of benzene rings is 1. The normalized spacial score (nSPS) is 12.2. The van der Waals surface area contributed by atoms with Crippen LogP contribution in [0.2, 0.25) is 0 Å². The summed E-state index contributed by atoms with van der Waals surface area (Å²) >= 11 is 1.47. The van der Waals surface area contributed by atoms with Crippen molar-refractivity contribution in [3.05, 3.63) is 59.8 Å². The number of nitrogens with zero attached hydrogens (tertiary/aromatic N) is 1. The van der Waals surface area contributed by atoms with E-state index in [1.54, 1.807) is 0 Å². The number of pyridine rings is 1. The Hall–Kier alpha value is -1.81. The fourth-order valence-corrected chi connectivity index (χ4v) is 3.00. The van der Waals surface area contributed by atoms with Crippen LogP contribution in [0, 0.1) is 12.8 Å². The monoisotopic (exact) mass is 328 g/mol. The highest BCUT2D eigenvalue weighted by molar-refractivity contribution is 7.99. The summed E-state index contributed by atoms with van der Waals surface area (Å²) in [5.74, 6) is 0.955. The summed E-state index contributed by atoms with van der Waals surface area (Å²) in [7, 11) is 0. The number of carbonyl (C=O) groups is 1. The van der Waals surface area contributed by atoms with Crippen LogP contribution in [0.15, 0.2) is 53.7 Å². The van der Waals surface area contributed by atoms with E-state index in [1.165, 1.54) is 11.8 Å². The second-order valence-electron chi connectivity index (χ2n) is 6.12. The largest absolute Gasteiger partial charge is 0.349 e. The first-order valence-corrected chi connectivity index (χ1v) is 8.93. The number of hydrogen-bond acceptors (Lipinski definition) is 3. The molecule has 0 saturated carbocycles. The number of nitrogens with one attached hydrogen (secondary N) is 1. The van der Waals surface area contributed by atoms with Crippen molar-refractivity contribution in [2.24, 2.45) is 5.92 Å². The second kappa shape index (κ2) is 8.73. The van der Waals surface area contributed by atoms with Gasteiger partial charge < -0.3 is 5.32 Å². The molecule has 3 nitrogen and oxygen atoms in total. The molecule has 1 N–H and O–H groups in total. The van der Waals surface area contributed by atoms with Gasteiger partial charge >= 0.3 is 0 Å². The van der Waals surface area contributed by atoms with Crippen LogP contribution in [-0.2, 0) is 4.79 Å². The molecule has 1 aromatic carbocycles. The topological polar surface area (TPSA) is 42.0 Å². The maximum Gasteiger partial charge on any atom is 0.230 e. The van der Waals surface area contributed by atoms with Gasteiger partial charge in [-0.25, -0.2) is 4.98 Å². The summed E-state index contributed by atoms with van der Waals surface area (Å²) in [6, 6.07) is 14.2. The molecule has 0 radical (unpaired) electrons. The minimum absolute atomic E-state index is 0.0480. The Bertz CT molecular complexity index is 611. The lowest BCUT2D eigenvalue weighted by Crippen LogP contribution is -2.30. The van der Waals surface area contributed by atoms with Gasteiger partial charge in [-0.05, 0) is 36.5 Å². The molecule has 2 rings (SSSR count). The first kappa shape index (κ1) is 17.5. The zero-order chi connectivity index (χ0) is 16.7. The van der Waals surface area contributed by atoms with Crippen LogP contribution in [-0.4, -0.2) is 16.6 Å². The molecule has 122 valence electrons. The summed E-state index contributed by atoms with van der Waals surface area (Å²) < 4.78 is 0. The maximum atomic E-state index is 12.3. The van der Waals surface area contributed by atoms with Crippen molar-refractivity contribution in [2.75, 3.05) is 5.75 Å². The standard InChI is InChI=1S/C19H24N2OS/c1-14(2)11-17(16-7-5-4-6-8-16)21-18(22)13-23-19-10-9-15(3)12-20-19/h4-10,12,14,17H,11,13H2,1-3H3,(H,21,22). The summed E-state index contributed by atoms with van der Waals surface area (Å²) in [6.07, 6.45) is 2.76. The van der Waals surface area contributed by atoms with E-state index >= 15 is 0 Å². The highest BCUT2D eigenvalue weighted by Crippen LogP contribution is 2.22. The summed E-state index contributed by atoms with van der Waals surface area (Å²) in [4.78, 5) is 16.6. The van der Waals surface area contributed by atoms with Gasteiger partial charge in [0.25, 0.3) is 0 Å². The molecule has 0 bridgehead atoms. The molecule has 0 aliphatic heterocycles. The van der Waals surface area contributed by atoms with Crippen molar-refractivity contribution >= 4 is 17.7 Å². The molecular formula is C19H24N2OS. The van der Waals surface area contributed by atoms with Crippen LogP contribution >= 0.6 is 11.8 Å². The summed E-state index contributed by atoms with van der Waals surface area (Å²) in [5, 5.41) is 4.04. The molecule has 0 saturated heterocycles. The van der Waals surface area contributed by atoms with E-state index in [4.69, 9.17) is 0 Å². The molecule has 2 aromatic rings. The molecule has 0 aliphatic rings. The van der Waals surface area contributed by atoms with Crippen molar-refractivity contribution < 1.29 is 4.79 Å². The van der Waals surface area contributed by atoms with E-state index in [1.807, 2.05) is 43.5 Å². The van der Waals surface area contributed by atoms with Crippen LogP contribution in [0.4, 0.5) is 0 Å². The number of thioether (sulfide) groups is 1. The highest BCUT2D eigenvalue weighted by Gasteiger charge is 2.16. The minimum Gasteiger partial charge on any atom is -0.349 e. The molecule has 4 heteroatoms. The van der Waals surface area contributed by atoms with Crippen LogP contribution in [0.1, 0.15) is 37.4 Å². The lowest BCUT2D eigenvalue weighted by molar-refractivity contribution is -0.119.